The van der Waals surface area contributed by atoms with Crippen molar-refractivity contribution in [2.45, 2.75) is 25.9 Å². The van der Waals surface area contributed by atoms with Gasteiger partial charge in [-0.15, -0.1) is 0 Å². The van der Waals surface area contributed by atoms with E-state index in [9.17, 15) is 0 Å². The number of aromatic nitrogens is 4. The van der Waals surface area contributed by atoms with Crippen molar-refractivity contribution in [3.8, 4) is 0 Å². The molecule has 112 valence electrons. The van der Waals surface area contributed by atoms with E-state index in [1.54, 1.807) is 6.20 Å². The van der Waals surface area contributed by atoms with E-state index in [1.807, 2.05) is 59.7 Å². The molecular weight excluding hydrogens is 274 g/mol. The van der Waals surface area contributed by atoms with E-state index in [1.165, 1.54) is 5.56 Å². The van der Waals surface area contributed by atoms with E-state index >= 15 is 0 Å². The second-order valence-corrected chi connectivity index (χ2v) is 5.19. The Balaban J connectivity index is 1.57. The molecule has 0 unspecified atom stereocenters. The zero-order valence-electron chi connectivity index (χ0n) is 12.6. The topological polar surface area (TPSA) is 55.6 Å². The van der Waals surface area contributed by atoms with Crippen LogP contribution in [0.5, 0.6) is 0 Å². The van der Waals surface area contributed by atoms with Crippen LogP contribution < -0.4 is 5.32 Å². The smallest absolute Gasteiger partial charge is 0.148 e. The minimum Gasteiger partial charge on any atom is -0.361 e. The average molecular weight is 293 g/mol. The molecule has 0 saturated heterocycles. The Kier molecular flexibility index (Phi) is 4.44. The number of pyridine rings is 2. The van der Waals surface area contributed by atoms with Crippen molar-refractivity contribution in [3.05, 3.63) is 72.4 Å². The highest BCUT2D eigenvalue weighted by Crippen LogP contribution is 2.15. The Morgan fingerprint density at radius 2 is 1.95 bits per heavy atom. The van der Waals surface area contributed by atoms with Crippen LogP contribution in [-0.2, 0) is 13.0 Å². The third-order valence-corrected chi connectivity index (χ3v) is 3.52. The first kappa shape index (κ1) is 14.3. The number of aryl methyl sites for hydroxylation is 2. The van der Waals surface area contributed by atoms with Crippen molar-refractivity contribution in [2.24, 2.45) is 0 Å². The normalized spacial score (nSPS) is 12.0. The Morgan fingerprint density at radius 3 is 2.73 bits per heavy atom. The molecule has 3 heterocycles. The molecule has 5 heteroatoms. The fourth-order valence-electron chi connectivity index (χ4n) is 2.28. The van der Waals surface area contributed by atoms with Crippen molar-refractivity contribution in [1.29, 1.82) is 0 Å². The van der Waals surface area contributed by atoms with Gasteiger partial charge in [0.15, 0.2) is 0 Å². The summed E-state index contributed by atoms with van der Waals surface area (Å²) in [5.74, 6) is 0.868. The molecule has 0 amide bonds. The minimum absolute atomic E-state index is 0.129. The van der Waals surface area contributed by atoms with Crippen molar-refractivity contribution < 1.29 is 0 Å². The molecule has 0 saturated carbocycles. The summed E-state index contributed by atoms with van der Waals surface area (Å²) in [6.45, 7) is 2.93. The summed E-state index contributed by atoms with van der Waals surface area (Å²) in [5.41, 5.74) is 2.27. The molecule has 0 aliphatic carbocycles. The SMILES string of the molecule is C[C@H](Nc1ccn(CCc2ccncc2)n1)c1ccccn1. The van der Waals surface area contributed by atoms with Gasteiger partial charge in [-0.3, -0.25) is 14.6 Å². The quantitative estimate of drug-likeness (QED) is 0.759. The molecular formula is C17H19N5. The van der Waals surface area contributed by atoms with Crippen LogP contribution in [0.25, 0.3) is 0 Å². The Hall–Kier alpha value is -2.69. The summed E-state index contributed by atoms with van der Waals surface area (Å²) in [7, 11) is 0. The van der Waals surface area contributed by atoms with E-state index in [4.69, 9.17) is 0 Å². The molecule has 0 aliphatic heterocycles. The molecule has 22 heavy (non-hydrogen) atoms. The van der Waals surface area contributed by atoms with Crippen LogP contribution in [0.2, 0.25) is 0 Å². The van der Waals surface area contributed by atoms with Crippen molar-refractivity contribution in [1.82, 2.24) is 19.7 Å². The Morgan fingerprint density at radius 1 is 1.09 bits per heavy atom. The van der Waals surface area contributed by atoms with Gasteiger partial charge in [0.05, 0.1) is 11.7 Å². The van der Waals surface area contributed by atoms with Gasteiger partial charge < -0.3 is 5.32 Å². The van der Waals surface area contributed by atoms with Crippen LogP contribution in [-0.4, -0.2) is 19.7 Å². The maximum atomic E-state index is 4.55. The number of nitrogens with zero attached hydrogens (tertiary/aromatic N) is 4. The van der Waals surface area contributed by atoms with Crippen LogP contribution in [0.3, 0.4) is 0 Å². The molecule has 0 fully saturated rings. The largest absolute Gasteiger partial charge is 0.361 e. The molecule has 0 aliphatic rings. The van der Waals surface area contributed by atoms with Gasteiger partial charge in [0.25, 0.3) is 0 Å². The van der Waals surface area contributed by atoms with Crippen LogP contribution in [0, 0.1) is 0 Å². The second-order valence-electron chi connectivity index (χ2n) is 5.19. The van der Waals surface area contributed by atoms with E-state index < -0.39 is 0 Å². The summed E-state index contributed by atoms with van der Waals surface area (Å²) in [6.07, 6.45) is 8.38. The zero-order valence-corrected chi connectivity index (χ0v) is 12.6. The van der Waals surface area contributed by atoms with E-state index in [-0.39, 0.29) is 6.04 Å². The van der Waals surface area contributed by atoms with Crippen LogP contribution in [0.4, 0.5) is 5.82 Å². The lowest BCUT2D eigenvalue weighted by Gasteiger charge is -2.12. The van der Waals surface area contributed by atoms with Gasteiger partial charge in [0.1, 0.15) is 5.82 Å². The summed E-state index contributed by atoms with van der Waals surface area (Å²) in [5, 5.41) is 7.93. The predicted octanol–water partition coefficient (Wildman–Crippen LogP) is 3.09. The van der Waals surface area contributed by atoms with Crippen molar-refractivity contribution in [2.75, 3.05) is 5.32 Å². The summed E-state index contributed by atoms with van der Waals surface area (Å²) in [4.78, 5) is 8.38. The number of rotatable bonds is 6. The zero-order chi connectivity index (χ0) is 15.2. The molecule has 5 nitrogen and oxygen atoms in total. The van der Waals surface area contributed by atoms with Gasteiger partial charge in [0, 0.05) is 37.4 Å². The van der Waals surface area contributed by atoms with Crippen LogP contribution >= 0.6 is 0 Å². The monoisotopic (exact) mass is 293 g/mol. The lowest BCUT2D eigenvalue weighted by atomic mass is 10.2. The highest BCUT2D eigenvalue weighted by molar-refractivity contribution is 5.35. The minimum atomic E-state index is 0.129. The van der Waals surface area contributed by atoms with E-state index in [0.717, 1.165) is 24.5 Å². The van der Waals surface area contributed by atoms with Gasteiger partial charge in [-0.1, -0.05) is 6.07 Å². The summed E-state index contributed by atoms with van der Waals surface area (Å²) >= 11 is 0. The molecule has 0 bridgehead atoms. The summed E-state index contributed by atoms with van der Waals surface area (Å²) < 4.78 is 1.95. The second kappa shape index (κ2) is 6.85. The number of hydrogen-bond acceptors (Lipinski definition) is 4. The Labute approximate surface area is 130 Å². The molecule has 3 aromatic rings. The van der Waals surface area contributed by atoms with Gasteiger partial charge in [-0.05, 0) is 43.2 Å². The number of nitrogens with one attached hydrogen (secondary N) is 1. The first-order valence-corrected chi connectivity index (χ1v) is 7.41. The van der Waals surface area contributed by atoms with Crippen LogP contribution in [0.1, 0.15) is 24.2 Å². The third-order valence-electron chi connectivity index (χ3n) is 3.52. The molecule has 1 atom stereocenters. The Bertz CT molecular complexity index is 693. The maximum absolute atomic E-state index is 4.55. The lowest BCUT2D eigenvalue weighted by molar-refractivity contribution is 0.614. The van der Waals surface area contributed by atoms with Gasteiger partial charge in [-0.2, -0.15) is 5.10 Å². The molecule has 0 aromatic carbocycles. The third kappa shape index (κ3) is 3.69. The van der Waals surface area contributed by atoms with Gasteiger partial charge >= 0.3 is 0 Å². The molecule has 1 N–H and O–H groups in total. The predicted molar refractivity (Wildman–Crippen MR) is 86.4 cm³/mol. The molecule has 3 rings (SSSR count). The van der Waals surface area contributed by atoms with Crippen molar-refractivity contribution in [3.63, 3.8) is 0 Å². The van der Waals surface area contributed by atoms with E-state index in [0.29, 0.717) is 0 Å². The first-order chi connectivity index (χ1) is 10.8. The standard InChI is InChI=1S/C17H19N5/c1-14(16-4-2-3-9-19-16)20-17-8-13-22(21-17)12-7-15-5-10-18-11-6-15/h2-6,8-11,13-14H,7,12H2,1H3,(H,20,21)/t14-/m0/s1. The fraction of sp³-hybridized carbons (Fsp3) is 0.235. The maximum Gasteiger partial charge on any atom is 0.148 e. The molecule has 0 radical (unpaired) electrons. The molecule has 0 spiro atoms. The van der Waals surface area contributed by atoms with Gasteiger partial charge in [-0.25, -0.2) is 0 Å². The van der Waals surface area contributed by atoms with Gasteiger partial charge in [0.2, 0.25) is 0 Å². The number of hydrogen-bond donors (Lipinski definition) is 1. The lowest BCUT2D eigenvalue weighted by Crippen LogP contribution is -2.09. The fourth-order valence-corrected chi connectivity index (χ4v) is 2.28. The molecule has 3 aromatic heterocycles. The average Bonchev–Trinajstić information content (AvgIpc) is 3.02. The first-order valence-electron chi connectivity index (χ1n) is 7.41. The summed E-state index contributed by atoms with van der Waals surface area (Å²) in [6, 6.07) is 12.1. The highest BCUT2D eigenvalue weighted by Gasteiger charge is 2.07. The van der Waals surface area contributed by atoms with Crippen LogP contribution in [0.15, 0.2) is 61.2 Å². The highest BCUT2D eigenvalue weighted by atomic mass is 15.3. The number of anilines is 1. The van der Waals surface area contributed by atoms with E-state index in [2.05, 4.69) is 27.3 Å². The van der Waals surface area contributed by atoms with Crippen molar-refractivity contribution >= 4 is 5.82 Å².